The number of nitrogens with two attached hydrogens (primary N) is 1. The number of hydrogen-bond acceptors (Lipinski definition) is 4. The van der Waals surface area contributed by atoms with E-state index in [0.717, 1.165) is 48.9 Å². The molecule has 2 N–H and O–H groups in total. The summed E-state index contributed by atoms with van der Waals surface area (Å²) in [5.41, 5.74) is 8.20. The van der Waals surface area contributed by atoms with Crippen molar-refractivity contribution in [1.29, 1.82) is 0 Å². The molecule has 0 atom stereocenters. The Morgan fingerprint density at radius 3 is 2.78 bits per heavy atom. The van der Waals surface area contributed by atoms with E-state index >= 15 is 0 Å². The fourth-order valence-electron chi connectivity index (χ4n) is 2.58. The Kier molecular flexibility index (Phi) is 3.80. The number of aromatic nitrogens is 2. The van der Waals surface area contributed by atoms with Gasteiger partial charge in [0.15, 0.2) is 0 Å². The molecule has 1 aromatic heterocycles. The Hall–Kier alpha value is -0.840. The van der Waals surface area contributed by atoms with E-state index in [1.54, 1.807) is 0 Å². The molecule has 102 valence electrons. The molecule has 0 amide bonds. The van der Waals surface area contributed by atoms with Gasteiger partial charge in [0.25, 0.3) is 0 Å². The van der Waals surface area contributed by atoms with E-state index in [1.807, 2.05) is 23.5 Å². The molecule has 2 rings (SSSR count). The fraction of sp³-hybridized carbons (Fsp3) is 0.769. The van der Waals surface area contributed by atoms with Gasteiger partial charge in [-0.25, -0.2) is 0 Å². The largest absolute Gasteiger partial charge is 0.394 e. The normalized spacial score (nSPS) is 19.2. The van der Waals surface area contributed by atoms with Crippen molar-refractivity contribution in [2.45, 2.75) is 38.4 Å². The van der Waals surface area contributed by atoms with Crippen molar-refractivity contribution in [3.05, 3.63) is 5.69 Å². The molecule has 1 fully saturated rings. The van der Waals surface area contributed by atoms with Gasteiger partial charge < -0.3 is 10.6 Å². The maximum atomic E-state index is 6.28. The second kappa shape index (κ2) is 5.03. The van der Waals surface area contributed by atoms with Crippen LogP contribution in [0.3, 0.4) is 0 Å². The van der Waals surface area contributed by atoms with Gasteiger partial charge in [-0.05, 0) is 20.3 Å². The molecular weight excluding hydrogens is 244 g/mol. The summed E-state index contributed by atoms with van der Waals surface area (Å²) < 4.78 is 2.24. The zero-order valence-electron chi connectivity index (χ0n) is 11.9. The lowest BCUT2D eigenvalue weighted by molar-refractivity contribution is 0.621. The number of thioether (sulfide) groups is 1. The van der Waals surface area contributed by atoms with Crippen molar-refractivity contribution >= 4 is 23.3 Å². The highest BCUT2D eigenvalue weighted by Crippen LogP contribution is 2.35. The molecule has 0 radical (unpaired) electrons. The van der Waals surface area contributed by atoms with Gasteiger partial charge in [0.05, 0.1) is 11.4 Å². The van der Waals surface area contributed by atoms with Gasteiger partial charge in [0.2, 0.25) is 0 Å². The van der Waals surface area contributed by atoms with E-state index in [0.29, 0.717) is 4.75 Å². The van der Waals surface area contributed by atoms with Gasteiger partial charge in [-0.15, -0.1) is 0 Å². The zero-order chi connectivity index (χ0) is 13.3. The van der Waals surface area contributed by atoms with Crippen LogP contribution in [0.4, 0.5) is 11.5 Å². The molecule has 0 aromatic carbocycles. The van der Waals surface area contributed by atoms with Crippen LogP contribution in [-0.4, -0.2) is 33.4 Å². The third-order valence-electron chi connectivity index (χ3n) is 3.34. The molecule has 1 saturated heterocycles. The SMILES string of the molecule is CCCc1nn(C)c(N2CCSC(C)(C)C2)c1N. The molecule has 4 nitrogen and oxygen atoms in total. The van der Waals surface area contributed by atoms with Crippen LogP contribution in [0.2, 0.25) is 0 Å². The highest BCUT2D eigenvalue weighted by Gasteiger charge is 2.30. The lowest BCUT2D eigenvalue weighted by Crippen LogP contribution is -2.44. The Labute approximate surface area is 114 Å². The number of nitrogens with zero attached hydrogens (tertiary/aromatic N) is 3. The first-order chi connectivity index (χ1) is 8.44. The van der Waals surface area contributed by atoms with Crippen molar-refractivity contribution in [3.8, 4) is 0 Å². The number of aryl methyl sites for hydroxylation is 2. The number of rotatable bonds is 3. The van der Waals surface area contributed by atoms with Gasteiger partial charge in [0, 0.05) is 30.6 Å². The summed E-state index contributed by atoms with van der Waals surface area (Å²) in [5, 5.41) is 4.57. The monoisotopic (exact) mass is 268 g/mol. The topological polar surface area (TPSA) is 47.1 Å². The van der Waals surface area contributed by atoms with E-state index in [9.17, 15) is 0 Å². The van der Waals surface area contributed by atoms with Gasteiger partial charge in [-0.1, -0.05) is 13.3 Å². The molecule has 0 bridgehead atoms. The minimum atomic E-state index is 0.292. The minimum Gasteiger partial charge on any atom is -0.394 e. The van der Waals surface area contributed by atoms with E-state index in [-0.39, 0.29) is 0 Å². The summed E-state index contributed by atoms with van der Waals surface area (Å²) >= 11 is 2.04. The van der Waals surface area contributed by atoms with Crippen LogP contribution in [0, 0.1) is 0 Å². The van der Waals surface area contributed by atoms with E-state index in [4.69, 9.17) is 5.73 Å². The first kappa shape index (κ1) is 13.6. The predicted molar refractivity (Wildman–Crippen MR) is 80.4 cm³/mol. The van der Waals surface area contributed by atoms with E-state index in [2.05, 4.69) is 30.8 Å². The maximum Gasteiger partial charge on any atom is 0.150 e. The average Bonchev–Trinajstić information content (AvgIpc) is 2.53. The highest BCUT2D eigenvalue weighted by molar-refractivity contribution is 8.00. The predicted octanol–water partition coefficient (Wildman–Crippen LogP) is 2.29. The molecule has 0 saturated carbocycles. The van der Waals surface area contributed by atoms with Gasteiger partial charge in [-0.2, -0.15) is 16.9 Å². The molecule has 18 heavy (non-hydrogen) atoms. The highest BCUT2D eigenvalue weighted by atomic mass is 32.2. The lowest BCUT2D eigenvalue weighted by Gasteiger charge is -2.38. The van der Waals surface area contributed by atoms with Crippen molar-refractivity contribution < 1.29 is 0 Å². The molecule has 0 unspecified atom stereocenters. The van der Waals surface area contributed by atoms with Crippen LogP contribution in [0.5, 0.6) is 0 Å². The first-order valence-electron chi connectivity index (χ1n) is 6.65. The molecule has 1 aromatic rings. The van der Waals surface area contributed by atoms with Gasteiger partial charge >= 0.3 is 0 Å². The minimum absolute atomic E-state index is 0.292. The van der Waals surface area contributed by atoms with E-state index in [1.165, 1.54) is 0 Å². The number of nitrogen functional groups attached to an aromatic ring is 1. The second-order valence-corrected chi connectivity index (χ2v) is 7.39. The Morgan fingerprint density at radius 2 is 2.17 bits per heavy atom. The fourth-order valence-corrected chi connectivity index (χ4v) is 3.69. The third kappa shape index (κ3) is 2.60. The van der Waals surface area contributed by atoms with Crippen LogP contribution in [-0.2, 0) is 13.5 Å². The van der Waals surface area contributed by atoms with Crippen molar-refractivity contribution in [3.63, 3.8) is 0 Å². The second-order valence-electron chi connectivity index (χ2n) is 5.59. The summed E-state index contributed by atoms with van der Waals surface area (Å²) in [6.45, 7) is 8.84. The summed E-state index contributed by atoms with van der Waals surface area (Å²) in [6.07, 6.45) is 2.05. The van der Waals surface area contributed by atoms with Crippen LogP contribution >= 0.6 is 11.8 Å². The summed E-state index contributed by atoms with van der Waals surface area (Å²) in [6, 6.07) is 0. The number of hydrogen-bond donors (Lipinski definition) is 1. The Morgan fingerprint density at radius 1 is 1.44 bits per heavy atom. The van der Waals surface area contributed by atoms with Gasteiger partial charge in [-0.3, -0.25) is 4.68 Å². The first-order valence-corrected chi connectivity index (χ1v) is 7.63. The maximum absolute atomic E-state index is 6.28. The number of anilines is 2. The molecule has 0 aliphatic carbocycles. The van der Waals surface area contributed by atoms with Crippen LogP contribution in [0.25, 0.3) is 0 Å². The molecule has 1 aliphatic rings. The Bertz CT molecular complexity index is 425. The van der Waals surface area contributed by atoms with E-state index < -0.39 is 0 Å². The summed E-state index contributed by atoms with van der Waals surface area (Å²) in [5.74, 6) is 2.26. The van der Waals surface area contributed by atoms with Crippen LogP contribution in [0.1, 0.15) is 32.9 Å². The molecule has 5 heteroatoms. The van der Waals surface area contributed by atoms with Crippen molar-refractivity contribution in [1.82, 2.24) is 9.78 Å². The average molecular weight is 268 g/mol. The smallest absolute Gasteiger partial charge is 0.150 e. The van der Waals surface area contributed by atoms with Crippen molar-refractivity contribution in [2.75, 3.05) is 29.5 Å². The third-order valence-corrected chi connectivity index (χ3v) is 4.64. The molecule has 2 heterocycles. The zero-order valence-corrected chi connectivity index (χ0v) is 12.7. The molecule has 1 aliphatic heterocycles. The molecular formula is C13H24N4S. The summed E-state index contributed by atoms with van der Waals surface area (Å²) in [4.78, 5) is 2.39. The Balaban J connectivity index is 2.27. The summed E-state index contributed by atoms with van der Waals surface area (Å²) in [7, 11) is 2.00. The van der Waals surface area contributed by atoms with Crippen LogP contribution < -0.4 is 10.6 Å². The standard InChI is InChI=1S/C13H24N4S/c1-5-6-10-11(14)12(16(4)15-10)17-7-8-18-13(2,3)9-17/h5-9,14H2,1-4H3. The van der Waals surface area contributed by atoms with Crippen molar-refractivity contribution in [2.24, 2.45) is 7.05 Å². The lowest BCUT2D eigenvalue weighted by atomic mass is 10.1. The quantitative estimate of drug-likeness (QED) is 0.913. The van der Waals surface area contributed by atoms with Crippen LogP contribution in [0.15, 0.2) is 0 Å². The molecule has 0 spiro atoms. The van der Waals surface area contributed by atoms with Gasteiger partial charge in [0.1, 0.15) is 5.82 Å².